The molecule has 0 saturated carbocycles. The molecule has 7 nitrogen and oxygen atoms in total. The van der Waals surface area contributed by atoms with Crippen LogP contribution in [0.4, 0.5) is 11.4 Å². The molecule has 0 spiro atoms. The number of para-hydroxylation sites is 2. The number of carbonyl (C=O) groups excluding carboxylic acids is 2. The van der Waals surface area contributed by atoms with Gasteiger partial charge in [0, 0.05) is 17.6 Å². The molecule has 25 heavy (non-hydrogen) atoms. The quantitative estimate of drug-likeness (QED) is 0.780. The summed E-state index contributed by atoms with van der Waals surface area (Å²) in [6.45, 7) is 4.03. The van der Waals surface area contributed by atoms with Gasteiger partial charge in [-0.1, -0.05) is 12.1 Å². The third kappa shape index (κ3) is 2.53. The molecule has 2 aromatic heterocycles. The molecule has 1 aliphatic heterocycles. The third-order valence-corrected chi connectivity index (χ3v) is 4.19. The van der Waals surface area contributed by atoms with Crippen LogP contribution in [-0.2, 0) is 4.79 Å². The summed E-state index contributed by atoms with van der Waals surface area (Å²) in [5, 5.41) is 7.90. The van der Waals surface area contributed by atoms with Crippen molar-refractivity contribution in [2.45, 2.75) is 19.9 Å². The Bertz CT molecular complexity index is 992. The largest absolute Gasteiger partial charge is 0.323 e. The first-order valence-corrected chi connectivity index (χ1v) is 8.08. The van der Waals surface area contributed by atoms with Crippen LogP contribution in [0.25, 0.3) is 11.0 Å². The van der Waals surface area contributed by atoms with Gasteiger partial charge in [0.2, 0.25) is 5.91 Å². The third-order valence-electron chi connectivity index (χ3n) is 4.19. The summed E-state index contributed by atoms with van der Waals surface area (Å²) in [4.78, 5) is 30.8. The molecule has 0 radical (unpaired) electrons. The van der Waals surface area contributed by atoms with Crippen LogP contribution in [0.5, 0.6) is 0 Å². The van der Waals surface area contributed by atoms with Crippen molar-refractivity contribution in [3.05, 3.63) is 48.3 Å². The summed E-state index contributed by atoms with van der Waals surface area (Å²) in [6, 6.07) is 9.21. The van der Waals surface area contributed by atoms with Crippen molar-refractivity contribution < 1.29 is 9.59 Å². The van der Waals surface area contributed by atoms with E-state index in [-0.39, 0.29) is 24.4 Å². The Morgan fingerprint density at radius 3 is 2.84 bits per heavy atom. The van der Waals surface area contributed by atoms with Gasteiger partial charge in [0.25, 0.3) is 5.91 Å². The van der Waals surface area contributed by atoms with E-state index >= 15 is 0 Å². The van der Waals surface area contributed by atoms with Crippen molar-refractivity contribution in [1.82, 2.24) is 14.8 Å². The molecule has 0 saturated heterocycles. The minimum Gasteiger partial charge on any atom is -0.323 e. The Kier molecular flexibility index (Phi) is 3.49. The molecule has 0 unspecified atom stereocenters. The molecule has 0 aliphatic carbocycles. The summed E-state index contributed by atoms with van der Waals surface area (Å²) in [5.41, 5.74) is 2.49. The van der Waals surface area contributed by atoms with Gasteiger partial charge in [-0.25, -0.2) is 9.67 Å². The smallest absolute Gasteiger partial charge is 0.260 e. The van der Waals surface area contributed by atoms with Crippen molar-refractivity contribution in [3.8, 4) is 0 Å². The maximum absolute atomic E-state index is 13.0. The van der Waals surface area contributed by atoms with Crippen LogP contribution in [-0.4, -0.2) is 33.1 Å². The van der Waals surface area contributed by atoms with Gasteiger partial charge < -0.3 is 5.32 Å². The van der Waals surface area contributed by atoms with Gasteiger partial charge in [-0.3, -0.25) is 14.5 Å². The summed E-state index contributed by atoms with van der Waals surface area (Å²) in [7, 11) is 0. The van der Waals surface area contributed by atoms with Crippen LogP contribution in [0, 0.1) is 0 Å². The van der Waals surface area contributed by atoms with E-state index in [2.05, 4.69) is 15.4 Å². The van der Waals surface area contributed by atoms with E-state index in [9.17, 15) is 9.59 Å². The first-order chi connectivity index (χ1) is 12.0. The first kappa shape index (κ1) is 15.3. The lowest BCUT2D eigenvalue weighted by Crippen LogP contribution is -2.42. The highest BCUT2D eigenvalue weighted by Gasteiger charge is 2.27. The minimum absolute atomic E-state index is 0.0147. The van der Waals surface area contributed by atoms with Crippen molar-refractivity contribution in [2.24, 2.45) is 0 Å². The molecule has 3 heterocycles. The van der Waals surface area contributed by atoms with E-state index in [1.165, 1.54) is 4.90 Å². The normalized spacial score (nSPS) is 13.9. The number of hydrogen-bond donors (Lipinski definition) is 1. The molecule has 1 aromatic carbocycles. The Balaban J connectivity index is 1.74. The molecule has 2 amide bonds. The fourth-order valence-electron chi connectivity index (χ4n) is 3.01. The molecular formula is C18H17N5O2. The topological polar surface area (TPSA) is 80.1 Å². The van der Waals surface area contributed by atoms with Gasteiger partial charge in [-0.2, -0.15) is 5.10 Å². The number of pyridine rings is 1. The number of anilines is 2. The highest BCUT2D eigenvalue weighted by molar-refractivity contribution is 6.15. The number of amides is 2. The number of fused-ring (bicyclic) bond motifs is 2. The number of benzene rings is 1. The average Bonchev–Trinajstić information content (AvgIpc) is 3.03. The Morgan fingerprint density at radius 2 is 2.04 bits per heavy atom. The van der Waals surface area contributed by atoms with E-state index in [0.29, 0.717) is 16.9 Å². The lowest BCUT2D eigenvalue weighted by atomic mass is 10.1. The molecule has 7 heteroatoms. The molecule has 4 rings (SSSR count). The van der Waals surface area contributed by atoms with Crippen LogP contribution >= 0.6 is 0 Å². The number of nitrogens with one attached hydrogen (secondary N) is 1. The average molecular weight is 335 g/mol. The monoisotopic (exact) mass is 335 g/mol. The summed E-state index contributed by atoms with van der Waals surface area (Å²) in [6.07, 6.45) is 3.25. The Labute approximate surface area is 144 Å². The molecule has 1 aliphatic rings. The molecule has 0 atom stereocenters. The second-order valence-corrected chi connectivity index (χ2v) is 6.28. The number of rotatable bonds is 2. The molecule has 1 N–H and O–H groups in total. The molecule has 0 fully saturated rings. The summed E-state index contributed by atoms with van der Waals surface area (Å²) in [5.74, 6) is -0.470. The summed E-state index contributed by atoms with van der Waals surface area (Å²) < 4.78 is 1.81. The number of aromatic nitrogens is 3. The second-order valence-electron chi connectivity index (χ2n) is 6.28. The SMILES string of the molecule is CC(C)n1ncc2cc(C(=O)N3CC(=O)Nc4ccccc43)cnc21. The van der Waals surface area contributed by atoms with Crippen molar-refractivity contribution in [3.63, 3.8) is 0 Å². The van der Waals surface area contributed by atoms with E-state index < -0.39 is 0 Å². The van der Waals surface area contributed by atoms with Crippen molar-refractivity contribution >= 4 is 34.2 Å². The number of carbonyl (C=O) groups is 2. The maximum Gasteiger partial charge on any atom is 0.260 e. The van der Waals surface area contributed by atoms with Crippen LogP contribution in [0.3, 0.4) is 0 Å². The van der Waals surface area contributed by atoms with Gasteiger partial charge in [0.1, 0.15) is 6.54 Å². The Morgan fingerprint density at radius 1 is 1.24 bits per heavy atom. The Hall–Kier alpha value is -3.22. The zero-order valence-corrected chi connectivity index (χ0v) is 13.9. The van der Waals surface area contributed by atoms with E-state index in [4.69, 9.17) is 0 Å². The fourth-order valence-corrected chi connectivity index (χ4v) is 3.01. The van der Waals surface area contributed by atoms with Crippen LogP contribution < -0.4 is 10.2 Å². The van der Waals surface area contributed by atoms with Gasteiger partial charge in [-0.15, -0.1) is 0 Å². The van der Waals surface area contributed by atoms with Gasteiger partial charge in [-0.05, 0) is 32.0 Å². The minimum atomic E-state index is -0.256. The van der Waals surface area contributed by atoms with E-state index in [0.717, 1.165) is 11.0 Å². The fraction of sp³-hybridized carbons (Fsp3) is 0.222. The van der Waals surface area contributed by atoms with Crippen molar-refractivity contribution in [2.75, 3.05) is 16.8 Å². The first-order valence-electron chi connectivity index (χ1n) is 8.08. The number of hydrogen-bond acceptors (Lipinski definition) is 4. The zero-order chi connectivity index (χ0) is 17.6. The maximum atomic E-state index is 13.0. The standard InChI is InChI=1S/C18H17N5O2/c1-11(2)23-17-12(9-20-23)7-13(8-19-17)18(25)22-10-16(24)21-14-5-3-4-6-15(14)22/h3-9,11H,10H2,1-2H3,(H,21,24). The zero-order valence-electron chi connectivity index (χ0n) is 13.9. The lowest BCUT2D eigenvalue weighted by molar-refractivity contribution is -0.115. The molecule has 3 aromatic rings. The summed E-state index contributed by atoms with van der Waals surface area (Å²) >= 11 is 0. The van der Waals surface area contributed by atoms with Gasteiger partial charge >= 0.3 is 0 Å². The lowest BCUT2D eigenvalue weighted by Gasteiger charge is -2.29. The van der Waals surface area contributed by atoms with E-state index in [1.807, 2.05) is 36.7 Å². The second kappa shape index (κ2) is 5.70. The molecule has 126 valence electrons. The van der Waals surface area contributed by atoms with Gasteiger partial charge in [0.15, 0.2) is 5.65 Å². The van der Waals surface area contributed by atoms with Gasteiger partial charge in [0.05, 0.1) is 23.1 Å². The number of nitrogens with zero attached hydrogens (tertiary/aromatic N) is 4. The molecular weight excluding hydrogens is 318 g/mol. The van der Waals surface area contributed by atoms with E-state index in [1.54, 1.807) is 24.5 Å². The predicted molar refractivity (Wildman–Crippen MR) is 94.7 cm³/mol. The predicted octanol–water partition coefficient (Wildman–Crippen LogP) is 2.61. The van der Waals surface area contributed by atoms with Crippen LogP contribution in [0.1, 0.15) is 30.2 Å². The van der Waals surface area contributed by atoms with Crippen molar-refractivity contribution in [1.29, 1.82) is 0 Å². The highest BCUT2D eigenvalue weighted by Crippen LogP contribution is 2.30. The highest BCUT2D eigenvalue weighted by atomic mass is 16.2. The van der Waals surface area contributed by atoms with Crippen LogP contribution in [0.15, 0.2) is 42.7 Å². The van der Waals surface area contributed by atoms with Crippen LogP contribution in [0.2, 0.25) is 0 Å². The molecule has 0 bridgehead atoms.